The lowest BCUT2D eigenvalue weighted by molar-refractivity contribution is -0.115. The molecule has 0 fully saturated rings. The van der Waals surface area contributed by atoms with Crippen LogP contribution in [-0.4, -0.2) is 35.8 Å². The number of anilines is 1. The topological polar surface area (TPSA) is 70.6 Å². The zero-order valence-electron chi connectivity index (χ0n) is 13.6. The van der Waals surface area contributed by atoms with Crippen molar-refractivity contribution in [3.63, 3.8) is 0 Å². The predicted molar refractivity (Wildman–Crippen MR) is 92.3 cm³/mol. The number of halogens is 1. The highest BCUT2D eigenvalue weighted by Crippen LogP contribution is 2.28. The molecule has 0 aliphatic rings. The maximum Gasteiger partial charge on any atom is 0.224 e. The predicted octanol–water partition coefficient (Wildman–Crippen LogP) is 2.93. The van der Waals surface area contributed by atoms with Crippen LogP contribution < -0.4 is 15.4 Å². The fourth-order valence-corrected chi connectivity index (χ4v) is 2.11. The minimum atomic E-state index is -0.592. The number of carbonyl (C=O) groups is 1. The Morgan fingerprint density at radius 1 is 1.41 bits per heavy atom. The summed E-state index contributed by atoms with van der Waals surface area (Å²) in [7, 11) is 0. The Morgan fingerprint density at radius 2 is 2.09 bits per heavy atom. The molecule has 0 heterocycles. The van der Waals surface area contributed by atoms with Crippen LogP contribution in [0.25, 0.3) is 0 Å². The third-order valence-corrected chi connectivity index (χ3v) is 3.46. The summed E-state index contributed by atoms with van der Waals surface area (Å²) in [5.74, 6) is 0.591. The summed E-state index contributed by atoms with van der Waals surface area (Å²) in [6.07, 6.45) is -0.159. The zero-order valence-corrected chi connectivity index (χ0v) is 15.2. The van der Waals surface area contributed by atoms with Crippen molar-refractivity contribution in [2.75, 3.05) is 18.5 Å². The Bertz CT molecular complexity index is 501. The molecule has 1 aromatic carbocycles. The van der Waals surface area contributed by atoms with Crippen molar-refractivity contribution in [3.8, 4) is 5.75 Å². The number of nitrogens with one attached hydrogen (secondary N) is 2. The van der Waals surface area contributed by atoms with E-state index in [1.54, 1.807) is 25.1 Å². The van der Waals surface area contributed by atoms with Gasteiger partial charge < -0.3 is 20.5 Å². The molecule has 0 radical (unpaired) electrons. The van der Waals surface area contributed by atoms with Gasteiger partial charge in [0.15, 0.2) is 0 Å². The number of ether oxygens (including phenoxy) is 1. The van der Waals surface area contributed by atoms with Gasteiger partial charge >= 0.3 is 0 Å². The molecular weight excluding hydrogens is 348 g/mol. The minimum Gasteiger partial charge on any atom is -0.490 e. The summed E-state index contributed by atoms with van der Waals surface area (Å²) in [5, 5.41) is 15.9. The van der Waals surface area contributed by atoms with E-state index in [-0.39, 0.29) is 18.1 Å². The van der Waals surface area contributed by atoms with E-state index in [1.807, 2.05) is 20.8 Å². The summed E-state index contributed by atoms with van der Waals surface area (Å²) in [6, 6.07) is 5.31. The van der Waals surface area contributed by atoms with Crippen molar-refractivity contribution < 1.29 is 14.6 Å². The van der Waals surface area contributed by atoms with E-state index in [2.05, 4.69) is 26.6 Å². The highest BCUT2D eigenvalue weighted by Gasteiger charge is 2.13. The van der Waals surface area contributed by atoms with Crippen molar-refractivity contribution in [1.82, 2.24) is 5.32 Å². The van der Waals surface area contributed by atoms with E-state index in [9.17, 15) is 9.90 Å². The number of benzene rings is 1. The third kappa shape index (κ3) is 7.24. The molecule has 22 heavy (non-hydrogen) atoms. The summed E-state index contributed by atoms with van der Waals surface area (Å²) in [4.78, 5) is 11.3. The highest BCUT2D eigenvalue weighted by molar-refractivity contribution is 9.10. The van der Waals surface area contributed by atoms with Gasteiger partial charge in [-0.3, -0.25) is 4.79 Å². The van der Waals surface area contributed by atoms with Crippen molar-refractivity contribution in [2.45, 2.75) is 45.8 Å². The quantitative estimate of drug-likeness (QED) is 0.687. The second-order valence-corrected chi connectivity index (χ2v) is 7.00. The van der Waals surface area contributed by atoms with E-state index in [1.165, 1.54) is 0 Å². The first-order valence-electron chi connectivity index (χ1n) is 7.36. The second-order valence-electron chi connectivity index (χ2n) is 6.14. The van der Waals surface area contributed by atoms with Gasteiger partial charge in [0.05, 0.1) is 4.47 Å². The lowest BCUT2D eigenvalue weighted by Gasteiger charge is -2.23. The number of β-amino-alcohol motifs (C(OH)–C–C–N with tert-alkyl or cyclic N) is 1. The van der Waals surface area contributed by atoms with Crippen molar-refractivity contribution in [3.05, 3.63) is 22.7 Å². The standard InChI is InChI=1S/C16H25BrN2O3/c1-5-15(21)19-11-6-7-14(13(17)8-11)22-10-12(20)9-18-16(2,3)4/h6-8,12,18,20H,5,9-10H2,1-4H3,(H,19,21). The van der Waals surface area contributed by atoms with Crippen molar-refractivity contribution in [1.29, 1.82) is 0 Å². The largest absolute Gasteiger partial charge is 0.490 e. The van der Waals surface area contributed by atoms with Crippen LogP contribution in [-0.2, 0) is 4.79 Å². The first-order chi connectivity index (χ1) is 10.2. The molecule has 124 valence electrons. The Morgan fingerprint density at radius 3 is 2.64 bits per heavy atom. The Kier molecular flexibility index (Phi) is 7.32. The van der Waals surface area contributed by atoms with Crippen LogP contribution >= 0.6 is 15.9 Å². The molecule has 1 amide bonds. The number of amides is 1. The molecule has 3 N–H and O–H groups in total. The van der Waals surface area contributed by atoms with E-state index in [0.29, 0.717) is 24.4 Å². The number of rotatable bonds is 7. The summed E-state index contributed by atoms with van der Waals surface area (Å²) < 4.78 is 6.33. The average molecular weight is 373 g/mol. The lowest BCUT2D eigenvalue weighted by atomic mass is 10.1. The van der Waals surface area contributed by atoms with Crippen LogP contribution in [0.3, 0.4) is 0 Å². The molecule has 1 aromatic rings. The van der Waals surface area contributed by atoms with Gasteiger partial charge in [-0.05, 0) is 54.9 Å². The highest BCUT2D eigenvalue weighted by atomic mass is 79.9. The van der Waals surface area contributed by atoms with Gasteiger partial charge in [-0.1, -0.05) is 6.92 Å². The average Bonchev–Trinajstić information content (AvgIpc) is 2.43. The second kappa shape index (κ2) is 8.50. The van der Waals surface area contributed by atoms with E-state index >= 15 is 0 Å². The summed E-state index contributed by atoms with van der Waals surface area (Å²) in [5.41, 5.74) is 0.668. The molecule has 0 aliphatic heterocycles. The molecule has 0 saturated carbocycles. The van der Waals surface area contributed by atoms with Crippen LogP contribution in [0.1, 0.15) is 34.1 Å². The number of aliphatic hydroxyl groups excluding tert-OH is 1. The normalized spacial score (nSPS) is 12.8. The van der Waals surface area contributed by atoms with Gasteiger partial charge in [0.2, 0.25) is 5.91 Å². The number of carbonyl (C=O) groups excluding carboxylic acids is 1. The van der Waals surface area contributed by atoms with Crippen molar-refractivity contribution >= 4 is 27.5 Å². The molecule has 1 rings (SSSR count). The van der Waals surface area contributed by atoms with Gasteiger partial charge in [-0.25, -0.2) is 0 Å². The lowest BCUT2D eigenvalue weighted by Crippen LogP contribution is -2.42. The first kappa shape index (κ1) is 18.9. The molecule has 0 aliphatic carbocycles. The van der Waals surface area contributed by atoms with Crippen molar-refractivity contribution in [2.24, 2.45) is 0 Å². The molecule has 1 atom stereocenters. The number of hydrogen-bond donors (Lipinski definition) is 3. The Hall–Kier alpha value is -1.11. The van der Waals surface area contributed by atoms with Gasteiger partial charge in [0.25, 0.3) is 0 Å². The molecule has 6 heteroatoms. The van der Waals surface area contributed by atoms with Gasteiger partial charge in [-0.2, -0.15) is 0 Å². The van der Waals surface area contributed by atoms with E-state index in [4.69, 9.17) is 4.74 Å². The maximum atomic E-state index is 11.3. The molecule has 0 saturated heterocycles. The monoisotopic (exact) mass is 372 g/mol. The van der Waals surface area contributed by atoms with Gasteiger partial charge in [0, 0.05) is 24.2 Å². The summed E-state index contributed by atoms with van der Waals surface area (Å²) >= 11 is 3.41. The Labute approximate surface area is 140 Å². The number of hydrogen-bond acceptors (Lipinski definition) is 4. The SMILES string of the molecule is CCC(=O)Nc1ccc(OCC(O)CNC(C)(C)C)c(Br)c1. The Balaban J connectivity index is 2.51. The van der Waals surface area contributed by atoms with E-state index in [0.717, 1.165) is 4.47 Å². The minimum absolute atomic E-state index is 0.0377. The maximum absolute atomic E-state index is 11.3. The summed E-state index contributed by atoms with van der Waals surface area (Å²) in [6.45, 7) is 8.59. The van der Waals surface area contributed by atoms with Crippen LogP contribution in [0.15, 0.2) is 22.7 Å². The smallest absolute Gasteiger partial charge is 0.224 e. The molecular formula is C16H25BrN2O3. The van der Waals surface area contributed by atoms with Crippen LogP contribution in [0, 0.1) is 0 Å². The van der Waals surface area contributed by atoms with Gasteiger partial charge in [0.1, 0.15) is 18.5 Å². The molecule has 0 aromatic heterocycles. The first-order valence-corrected chi connectivity index (χ1v) is 8.16. The van der Waals surface area contributed by atoms with Gasteiger partial charge in [-0.15, -0.1) is 0 Å². The number of aliphatic hydroxyl groups is 1. The molecule has 1 unspecified atom stereocenters. The molecule has 5 nitrogen and oxygen atoms in total. The third-order valence-electron chi connectivity index (χ3n) is 2.84. The van der Waals surface area contributed by atoms with Crippen LogP contribution in [0.4, 0.5) is 5.69 Å². The van der Waals surface area contributed by atoms with Crippen LogP contribution in [0.2, 0.25) is 0 Å². The fraction of sp³-hybridized carbons (Fsp3) is 0.562. The fourth-order valence-electron chi connectivity index (χ4n) is 1.61. The molecule has 0 spiro atoms. The molecule has 0 bridgehead atoms. The van der Waals surface area contributed by atoms with E-state index < -0.39 is 6.10 Å². The van der Waals surface area contributed by atoms with Crippen LogP contribution in [0.5, 0.6) is 5.75 Å². The zero-order chi connectivity index (χ0) is 16.8.